The lowest BCUT2D eigenvalue weighted by Crippen LogP contribution is -2.34. The number of amides is 1. The van der Waals surface area contributed by atoms with Crippen molar-refractivity contribution in [2.45, 2.75) is 4.90 Å². The number of methoxy groups -OCH3 is 2. The molecule has 2 N–H and O–H groups in total. The molecule has 150 valence electrons. The summed E-state index contributed by atoms with van der Waals surface area (Å²) in [5.74, 6) is -0.0497. The lowest BCUT2D eigenvalue weighted by Gasteiger charge is -2.10. The fraction of sp³-hybridized carbons (Fsp3) is 0.176. The number of hydrogen-bond donors (Lipinski definition) is 2. The fourth-order valence-electron chi connectivity index (χ4n) is 2.07. The summed E-state index contributed by atoms with van der Waals surface area (Å²) >= 11 is 12.0. The van der Waals surface area contributed by atoms with Crippen LogP contribution in [0.4, 0.5) is 0 Å². The third-order valence-electron chi connectivity index (χ3n) is 3.47. The van der Waals surface area contributed by atoms with E-state index in [0.29, 0.717) is 21.4 Å². The molecule has 0 bridgehead atoms. The van der Waals surface area contributed by atoms with Gasteiger partial charge in [-0.25, -0.2) is 18.6 Å². The molecular weight excluding hydrogens is 429 g/mol. The van der Waals surface area contributed by atoms with Crippen molar-refractivity contribution < 1.29 is 22.7 Å². The van der Waals surface area contributed by atoms with Crippen LogP contribution in [0.25, 0.3) is 0 Å². The lowest BCUT2D eigenvalue weighted by molar-refractivity contribution is -0.119. The van der Waals surface area contributed by atoms with Crippen LogP contribution >= 0.6 is 23.2 Å². The van der Waals surface area contributed by atoms with E-state index < -0.39 is 22.5 Å². The average molecular weight is 446 g/mol. The Labute approximate surface area is 172 Å². The standard InChI is InChI=1S/C17H17Cl2N3O5S/c1-26-15-7-6-11(8-16(15)27-2)28(24,25)21-10-17(23)22-20-9-12-13(18)4-3-5-14(12)19/h3-9,21H,10H2,1-2H3,(H,22,23)/b20-9-. The molecule has 0 atom stereocenters. The maximum absolute atomic E-state index is 12.3. The molecule has 0 saturated heterocycles. The Balaban J connectivity index is 1.99. The molecule has 0 aliphatic rings. The summed E-state index contributed by atoms with van der Waals surface area (Å²) in [6.07, 6.45) is 1.27. The summed E-state index contributed by atoms with van der Waals surface area (Å²) in [7, 11) is -1.12. The van der Waals surface area contributed by atoms with E-state index in [0.717, 1.165) is 0 Å². The zero-order valence-corrected chi connectivity index (χ0v) is 17.2. The zero-order chi connectivity index (χ0) is 20.7. The Kier molecular flexibility index (Phi) is 7.64. The van der Waals surface area contributed by atoms with Gasteiger partial charge in [-0.05, 0) is 24.3 Å². The molecule has 0 fully saturated rings. The second-order valence-corrected chi connectivity index (χ2v) is 7.85. The van der Waals surface area contributed by atoms with Gasteiger partial charge in [0, 0.05) is 11.6 Å². The van der Waals surface area contributed by atoms with Gasteiger partial charge in [-0.3, -0.25) is 4.79 Å². The highest BCUT2D eigenvalue weighted by Gasteiger charge is 2.18. The Bertz CT molecular complexity index is 976. The highest BCUT2D eigenvalue weighted by molar-refractivity contribution is 7.89. The first-order chi connectivity index (χ1) is 13.3. The number of hydrazone groups is 1. The monoisotopic (exact) mass is 445 g/mol. The third-order valence-corrected chi connectivity index (χ3v) is 5.53. The van der Waals surface area contributed by atoms with E-state index in [1.807, 2.05) is 0 Å². The summed E-state index contributed by atoms with van der Waals surface area (Å²) in [4.78, 5) is 11.8. The van der Waals surface area contributed by atoms with Crippen LogP contribution in [0.3, 0.4) is 0 Å². The highest BCUT2D eigenvalue weighted by Crippen LogP contribution is 2.29. The molecule has 8 nitrogen and oxygen atoms in total. The predicted molar refractivity (Wildman–Crippen MR) is 107 cm³/mol. The number of nitrogens with one attached hydrogen (secondary N) is 2. The van der Waals surface area contributed by atoms with Gasteiger partial charge < -0.3 is 9.47 Å². The van der Waals surface area contributed by atoms with Crippen LogP contribution in [0.15, 0.2) is 46.4 Å². The van der Waals surface area contributed by atoms with Crippen LogP contribution in [-0.2, 0) is 14.8 Å². The summed E-state index contributed by atoms with van der Waals surface area (Å²) < 4.78 is 37.0. The smallest absolute Gasteiger partial charge is 0.255 e. The van der Waals surface area contributed by atoms with Crippen molar-refractivity contribution in [1.29, 1.82) is 0 Å². The van der Waals surface area contributed by atoms with Gasteiger partial charge in [0.05, 0.1) is 41.9 Å². The summed E-state index contributed by atoms with van der Waals surface area (Å²) in [5.41, 5.74) is 2.62. The minimum absolute atomic E-state index is 0.0794. The Morgan fingerprint density at radius 1 is 1.11 bits per heavy atom. The van der Waals surface area contributed by atoms with E-state index in [-0.39, 0.29) is 10.6 Å². The summed E-state index contributed by atoms with van der Waals surface area (Å²) in [5, 5.41) is 4.44. The van der Waals surface area contributed by atoms with Crippen LogP contribution in [-0.4, -0.2) is 41.3 Å². The van der Waals surface area contributed by atoms with Gasteiger partial charge in [0.25, 0.3) is 5.91 Å². The maximum Gasteiger partial charge on any atom is 0.255 e. The van der Waals surface area contributed by atoms with Crippen molar-refractivity contribution in [3.8, 4) is 11.5 Å². The molecule has 11 heteroatoms. The number of carbonyl (C=O) groups is 1. The second-order valence-electron chi connectivity index (χ2n) is 5.27. The van der Waals surface area contributed by atoms with Gasteiger partial charge in [-0.1, -0.05) is 29.3 Å². The second kappa shape index (κ2) is 9.74. The van der Waals surface area contributed by atoms with Crippen LogP contribution in [0, 0.1) is 0 Å². The van der Waals surface area contributed by atoms with Crippen molar-refractivity contribution in [2.75, 3.05) is 20.8 Å². The van der Waals surface area contributed by atoms with E-state index in [4.69, 9.17) is 32.7 Å². The molecule has 0 aliphatic carbocycles. The third kappa shape index (κ3) is 5.59. The zero-order valence-electron chi connectivity index (χ0n) is 14.9. The number of carbonyl (C=O) groups excluding carboxylic acids is 1. The van der Waals surface area contributed by atoms with Gasteiger partial charge in [0.1, 0.15) is 0 Å². The van der Waals surface area contributed by atoms with E-state index in [1.165, 1.54) is 38.6 Å². The molecule has 0 aliphatic heterocycles. The molecule has 0 heterocycles. The molecule has 2 aromatic carbocycles. The summed E-state index contributed by atoms with van der Waals surface area (Å²) in [6, 6.07) is 8.98. The van der Waals surface area contributed by atoms with Crippen LogP contribution in [0.5, 0.6) is 11.5 Å². The molecule has 28 heavy (non-hydrogen) atoms. The van der Waals surface area contributed by atoms with E-state index in [2.05, 4.69) is 15.2 Å². The number of benzene rings is 2. The molecule has 2 aromatic rings. The number of rotatable bonds is 8. The van der Waals surface area contributed by atoms with Gasteiger partial charge in [0.2, 0.25) is 10.0 Å². The Hall–Kier alpha value is -2.33. The molecule has 2 rings (SSSR count). The quantitative estimate of drug-likeness (QED) is 0.479. The normalized spacial score (nSPS) is 11.4. The first-order valence-electron chi connectivity index (χ1n) is 7.76. The minimum atomic E-state index is -3.94. The Morgan fingerprint density at radius 3 is 2.36 bits per heavy atom. The number of ether oxygens (including phenoxy) is 2. The van der Waals surface area contributed by atoms with Crippen LogP contribution in [0.1, 0.15) is 5.56 Å². The molecular formula is C17H17Cl2N3O5S. The maximum atomic E-state index is 12.3. The fourth-order valence-corrected chi connectivity index (χ4v) is 3.56. The Morgan fingerprint density at radius 2 is 1.75 bits per heavy atom. The largest absolute Gasteiger partial charge is 0.493 e. The van der Waals surface area contributed by atoms with E-state index >= 15 is 0 Å². The SMILES string of the molecule is COc1ccc(S(=O)(=O)NCC(=O)N/N=C\c2c(Cl)cccc2Cl)cc1OC. The van der Waals surface area contributed by atoms with Gasteiger partial charge in [-0.15, -0.1) is 0 Å². The topological polar surface area (TPSA) is 106 Å². The number of halogens is 2. The molecule has 0 spiro atoms. The van der Waals surface area contributed by atoms with Gasteiger partial charge in [-0.2, -0.15) is 5.10 Å². The number of nitrogens with zero attached hydrogens (tertiary/aromatic N) is 1. The predicted octanol–water partition coefficient (Wildman–Crippen LogP) is 2.44. The van der Waals surface area contributed by atoms with Crippen molar-refractivity contribution >= 4 is 45.3 Å². The van der Waals surface area contributed by atoms with Crippen LogP contribution in [0.2, 0.25) is 10.0 Å². The highest BCUT2D eigenvalue weighted by atomic mass is 35.5. The van der Waals surface area contributed by atoms with Crippen LogP contribution < -0.4 is 19.6 Å². The number of hydrogen-bond acceptors (Lipinski definition) is 6. The van der Waals surface area contributed by atoms with Crippen molar-refractivity contribution in [3.63, 3.8) is 0 Å². The van der Waals surface area contributed by atoms with Gasteiger partial charge >= 0.3 is 0 Å². The minimum Gasteiger partial charge on any atom is -0.493 e. The summed E-state index contributed by atoms with van der Waals surface area (Å²) in [6.45, 7) is -0.524. The molecule has 1 amide bonds. The molecule has 0 unspecified atom stereocenters. The van der Waals surface area contributed by atoms with Crippen molar-refractivity contribution in [2.24, 2.45) is 5.10 Å². The number of sulfonamides is 1. The lowest BCUT2D eigenvalue weighted by atomic mass is 10.2. The first-order valence-corrected chi connectivity index (χ1v) is 10.00. The molecule has 0 saturated carbocycles. The van der Waals surface area contributed by atoms with Gasteiger partial charge in [0.15, 0.2) is 11.5 Å². The molecule has 0 aromatic heterocycles. The van der Waals surface area contributed by atoms with Crippen molar-refractivity contribution in [1.82, 2.24) is 10.1 Å². The van der Waals surface area contributed by atoms with Crippen molar-refractivity contribution in [3.05, 3.63) is 52.0 Å². The average Bonchev–Trinajstić information content (AvgIpc) is 2.68. The first kappa shape index (κ1) is 22.0. The molecule has 0 radical (unpaired) electrons. The van der Waals surface area contributed by atoms with E-state index in [9.17, 15) is 13.2 Å². The van der Waals surface area contributed by atoms with E-state index in [1.54, 1.807) is 18.2 Å².